The highest BCUT2D eigenvalue weighted by atomic mass is 16.5. The fraction of sp³-hybridized carbons (Fsp3) is 0.389. The zero-order valence-electron chi connectivity index (χ0n) is 15.2. The van der Waals surface area contributed by atoms with Crippen molar-refractivity contribution < 1.29 is 23.5 Å². The van der Waals surface area contributed by atoms with Gasteiger partial charge in [0.1, 0.15) is 0 Å². The monoisotopic (exact) mass is 359 g/mol. The normalized spacial score (nSPS) is 14.4. The van der Waals surface area contributed by atoms with Crippen molar-refractivity contribution in [1.29, 1.82) is 0 Å². The topological polar surface area (TPSA) is 86.9 Å². The van der Waals surface area contributed by atoms with Gasteiger partial charge >= 0.3 is 0 Å². The minimum Gasteiger partial charge on any atom is -0.493 e. The van der Waals surface area contributed by atoms with Crippen LogP contribution in [0, 0.1) is 6.92 Å². The molecule has 0 aliphatic carbocycles. The minimum absolute atomic E-state index is 0.0776. The zero-order valence-corrected chi connectivity index (χ0v) is 15.2. The molecule has 1 fully saturated rings. The van der Waals surface area contributed by atoms with Crippen molar-refractivity contribution in [2.75, 3.05) is 34.4 Å². The van der Waals surface area contributed by atoms with Gasteiger partial charge in [0.05, 0.1) is 27.2 Å². The number of aromatic nitrogens is 2. The SMILES string of the molecule is COc1cc(/C=C/C(=O)N2CC(c3nc(C)no3)C2)cc(OC)c1OC. The molecule has 1 aromatic heterocycles. The molecule has 0 atom stereocenters. The molecule has 0 spiro atoms. The van der Waals surface area contributed by atoms with Crippen LogP contribution >= 0.6 is 0 Å². The van der Waals surface area contributed by atoms with E-state index in [9.17, 15) is 4.79 Å². The lowest BCUT2D eigenvalue weighted by atomic mass is 10.00. The van der Waals surface area contributed by atoms with E-state index in [2.05, 4.69) is 10.1 Å². The van der Waals surface area contributed by atoms with Crippen LogP contribution in [0.5, 0.6) is 17.2 Å². The number of rotatable bonds is 6. The van der Waals surface area contributed by atoms with Crippen LogP contribution in [0.15, 0.2) is 22.7 Å². The van der Waals surface area contributed by atoms with Crippen LogP contribution < -0.4 is 14.2 Å². The molecular formula is C18H21N3O5. The summed E-state index contributed by atoms with van der Waals surface area (Å²) in [6.45, 7) is 2.91. The van der Waals surface area contributed by atoms with Crippen molar-refractivity contribution in [2.45, 2.75) is 12.8 Å². The third kappa shape index (κ3) is 3.49. The van der Waals surface area contributed by atoms with Crippen LogP contribution in [0.25, 0.3) is 6.08 Å². The molecule has 0 saturated carbocycles. The molecule has 1 aliphatic heterocycles. The lowest BCUT2D eigenvalue weighted by Crippen LogP contribution is -2.47. The van der Waals surface area contributed by atoms with Crippen molar-refractivity contribution in [3.8, 4) is 17.2 Å². The summed E-state index contributed by atoms with van der Waals surface area (Å²) >= 11 is 0. The quantitative estimate of drug-likeness (QED) is 0.730. The fourth-order valence-corrected chi connectivity index (χ4v) is 2.76. The van der Waals surface area contributed by atoms with Gasteiger partial charge in [-0.1, -0.05) is 5.16 Å². The second-order valence-electron chi connectivity index (χ2n) is 5.91. The average molecular weight is 359 g/mol. The number of nitrogens with zero attached hydrogens (tertiary/aromatic N) is 3. The van der Waals surface area contributed by atoms with E-state index in [1.165, 1.54) is 6.08 Å². The minimum atomic E-state index is -0.0776. The van der Waals surface area contributed by atoms with E-state index in [0.717, 1.165) is 5.56 Å². The van der Waals surface area contributed by atoms with Crippen LogP contribution in [0.3, 0.4) is 0 Å². The number of methoxy groups -OCH3 is 3. The molecule has 26 heavy (non-hydrogen) atoms. The van der Waals surface area contributed by atoms with Gasteiger partial charge in [0, 0.05) is 19.2 Å². The summed E-state index contributed by atoms with van der Waals surface area (Å²) < 4.78 is 21.1. The molecule has 0 bridgehead atoms. The maximum absolute atomic E-state index is 12.3. The predicted octanol–water partition coefficient (Wildman–Crippen LogP) is 2.04. The Hall–Kier alpha value is -3.03. The molecule has 2 heterocycles. The molecule has 138 valence electrons. The number of hydrogen-bond donors (Lipinski definition) is 0. The Morgan fingerprint density at radius 2 is 1.85 bits per heavy atom. The summed E-state index contributed by atoms with van der Waals surface area (Å²) in [5.74, 6) is 2.80. The van der Waals surface area contributed by atoms with Gasteiger partial charge in [-0.25, -0.2) is 0 Å². The predicted molar refractivity (Wildman–Crippen MR) is 93.5 cm³/mol. The Kier molecular flexibility index (Phi) is 5.11. The summed E-state index contributed by atoms with van der Waals surface area (Å²) in [6.07, 6.45) is 3.24. The number of benzene rings is 1. The first-order chi connectivity index (χ1) is 12.5. The van der Waals surface area contributed by atoms with Crippen molar-refractivity contribution in [1.82, 2.24) is 15.0 Å². The summed E-state index contributed by atoms with van der Waals surface area (Å²) in [6, 6.07) is 3.57. The maximum atomic E-state index is 12.3. The van der Waals surface area contributed by atoms with E-state index in [1.54, 1.807) is 51.4 Å². The van der Waals surface area contributed by atoms with Crippen LogP contribution in [0.4, 0.5) is 0 Å². The smallest absolute Gasteiger partial charge is 0.246 e. The van der Waals surface area contributed by atoms with Gasteiger partial charge < -0.3 is 23.6 Å². The molecule has 1 saturated heterocycles. The van der Waals surface area contributed by atoms with Gasteiger partial charge in [-0.15, -0.1) is 0 Å². The first-order valence-corrected chi connectivity index (χ1v) is 8.13. The average Bonchev–Trinajstić information content (AvgIpc) is 3.03. The zero-order chi connectivity index (χ0) is 18.7. The van der Waals surface area contributed by atoms with Gasteiger partial charge in [0.2, 0.25) is 17.5 Å². The van der Waals surface area contributed by atoms with Gasteiger partial charge in [0.15, 0.2) is 17.3 Å². The molecule has 8 nitrogen and oxygen atoms in total. The van der Waals surface area contributed by atoms with E-state index in [4.69, 9.17) is 18.7 Å². The molecule has 0 unspecified atom stereocenters. The van der Waals surface area contributed by atoms with E-state index < -0.39 is 0 Å². The van der Waals surface area contributed by atoms with Crippen LogP contribution in [0.2, 0.25) is 0 Å². The van der Waals surface area contributed by atoms with E-state index in [0.29, 0.717) is 42.1 Å². The number of carbonyl (C=O) groups is 1. The second kappa shape index (κ2) is 7.47. The van der Waals surface area contributed by atoms with Gasteiger partial charge in [-0.3, -0.25) is 4.79 Å². The molecule has 8 heteroatoms. The lowest BCUT2D eigenvalue weighted by Gasteiger charge is -2.36. The van der Waals surface area contributed by atoms with Crippen molar-refractivity contribution in [2.24, 2.45) is 0 Å². The fourth-order valence-electron chi connectivity index (χ4n) is 2.76. The molecule has 1 aliphatic rings. The number of carbonyl (C=O) groups excluding carboxylic acids is 1. The Labute approximate surface area is 151 Å². The molecule has 2 aromatic rings. The number of hydrogen-bond acceptors (Lipinski definition) is 7. The third-order valence-corrected chi connectivity index (χ3v) is 4.19. The molecular weight excluding hydrogens is 338 g/mol. The summed E-state index contributed by atoms with van der Waals surface area (Å²) in [7, 11) is 4.65. The van der Waals surface area contributed by atoms with Crippen LogP contribution in [-0.4, -0.2) is 55.4 Å². The van der Waals surface area contributed by atoms with Gasteiger partial charge in [-0.2, -0.15) is 4.98 Å². The Morgan fingerprint density at radius 1 is 1.19 bits per heavy atom. The largest absolute Gasteiger partial charge is 0.493 e. The first kappa shape index (κ1) is 17.8. The van der Waals surface area contributed by atoms with Gasteiger partial charge in [-0.05, 0) is 30.7 Å². The number of amides is 1. The second-order valence-corrected chi connectivity index (χ2v) is 5.91. The van der Waals surface area contributed by atoms with Gasteiger partial charge in [0.25, 0.3) is 0 Å². The van der Waals surface area contributed by atoms with E-state index >= 15 is 0 Å². The highest BCUT2D eigenvalue weighted by molar-refractivity contribution is 5.92. The summed E-state index contributed by atoms with van der Waals surface area (Å²) in [5, 5.41) is 3.77. The number of ether oxygens (including phenoxy) is 3. The molecule has 1 aromatic carbocycles. The third-order valence-electron chi connectivity index (χ3n) is 4.19. The lowest BCUT2D eigenvalue weighted by molar-refractivity contribution is -0.130. The Balaban J connectivity index is 1.65. The summed E-state index contributed by atoms with van der Waals surface area (Å²) in [5.41, 5.74) is 0.775. The van der Waals surface area contributed by atoms with E-state index in [-0.39, 0.29) is 11.8 Å². The molecule has 3 rings (SSSR count). The van der Waals surface area contributed by atoms with Crippen molar-refractivity contribution in [3.05, 3.63) is 35.5 Å². The molecule has 0 radical (unpaired) electrons. The maximum Gasteiger partial charge on any atom is 0.246 e. The highest BCUT2D eigenvalue weighted by Gasteiger charge is 2.34. The molecule has 0 N–H and O–H groups in total. The van der Waals surface area contributed by atoms with Crippen molar-refractivity contribution in [3.63, 3.8) is 0 Å². The standard InChI is InChI=1S/C18H21N3O5/c1-11-19-18(26-20-11)13-9-21(10-13)16(22)6-5-12-7-14(23-2)17(25-4)15(8-12)24-3/h5-8,13H,9-10H2,1-4H3/b6-5+. The van der Waals surface area contributed by atoms with Crippen LogP contribution in [0.1, 0.15) is 23.2 Å². The summed E-state index contributed by atoms with van der Waals surface area (Å²) in [4.78, 5) is 18.2. The molecule has 1 amide bonds. The Bertz CT molecular complexity index is 799. The number of likely N-dealkylation sites (tertiary alicyclic amines) is 1. The highest BCUT2D eigenvalue weighted by Crippen LogP contribution is 2.38. The first-order valence-electron chi connectivity index (χ1n) is 8.13. The van der Waals surface area contributed by atoms with Crippen LogP contribution in [-0.2, 0) is 4.79 Å². The van der Waals surface area contributed by atoms with E-state index in [1.807, 2.05) is 0 Å². The van der Waals surface area contributed by atoms with Crippen molar-refractivity contribution >= 4 is 12.0 Å². The Morgan fingerprint density at radius 3 is 2.35 bits per heavy atom. The number of aryl methyl sites for hydroxylation is 1.